The number of carbonyl (C=O) groups is 2. The quantitative estimate of drug-likeness (QED) is 0.907. The molecular weight excluding hydrogens is 307 g/mol. The van der Waals surface area contributed by atoms with Gasteiger partial charge in [-0.05, 0) is 62.2 Å². The second-order valence-electron chi connectivity index (χ2n) is 5.87. The van der Waals surface area contributed by atoms with Crippen LogP contribution in [-0.2, 0) is 4.79 Å². The summed E-state index contributed by atoms with van der Waals surface area (Å²) < 4.78 is 13.1. The van der Waals surface area contributed by atoms with Crippen LogP contribution in [0.25, 0.3) is 0 Å². The third-order valence-corrected chi connectivity index (χ3v) is 4.02. The van der Waals surface area contributed by atoms with Gasteiger partial charge in [-0.2, -0.15) is 0 Å². The molecule has 0 bridgehead atoms. The van der Waals surface area contributed by atoms with Crippen molar-refractivity contribution >= 4 is 23.2 Å². The molecule has 0 aromatic heterocycles. The van der Waals surface area contributed by atoms with Crippen molar-refractivity contribution in [2.75, 3.05) is 16.8 Å². The van der Waals surface area contributed by atoms with Crippen molar-refractivity contribution in [1.82, 2.24) is 0 Å². The van der Waals surface area contributed by atoms with Crippen molar-refractivity contribution in [2.24, 2.45) is 5.92 Å². The molecule has 0 radical (unpaired) electrons. The predicted octanol–water partition coefficient (Wildman–Crippen LogP) is 3.84. The first-order valence-corrected chi connectivity index (χ1v) is 8.07. The van der Waals surface area contributed by atoms with Crippen molar-refractivity contribution < 1.29 is 14.0 Å². The maximum absolute atomic E-state index is 13.1. The van der Waals surface area contributed by atoms with E-state index >= 15 is 0 Å². The Morgan fingerprint density at radius 2 is 1.88 bits per heavy atom. The minimum atomic E-state index is -0.341. The summed E-state index contributed by atoms with van der Waals surface area (Å²) in [4.78, 5) is 26.2. The highest BCUT2D eigenvalue weighted by Crippen LogP contribution is 2.30. The monoisotopic (exact) mass is 326 g/mol. The Labute approximate surface area is 140 Å². The average molecular weight is 326 g/mol. The van der Waals surface area contributed by atoms with Gasteiger partial charge in [-0.15, -0.1) is 0 Å². The SMILES string of the molecule is CCN(C(=O)c1cccc(NC(=O)C2CC2)c1)c1ccc(F)cc1. The fraction of sp³-hybridized carbons (Fsp3) is 0.263. The molecule has 1 aliphatic carbocycles. The van der Waals surface area contributed by atoms with Gasteiger partial charge < -0.3 is 10.2 Å². The fourth-order valence-corrected chi connectivity index (χ4v) is 2.54. The van der Waals surface area contributed by atoms with Gasteiger partial charge in [0.2, 0.25) is 5.91 Å². The summed E-state index contributed by atoms with van der Waals surface area (Å²) in [5.41, 5.74) is 1.74. The van der Waals surface area contributed by atoms with Gasteiger partial charge >= 0.3 is 0 Å². The number of amides is 2. The number of carbonyl (C=O) groups excluding carboxylic acids is 2. The summed E-state index contributed by atoms with van der Waals surface area (Å²) in [7, 11) is 0. The average Bonchev–Trinajstić information content (AvgIpc) is 3.42. The molecular formula is C19H19FN2O2. The second kappa shape index (κ2) is 6.83. The maximum atomic E-state index is 13.1. The number of rotatable bonds is 5. The molecule has 2 aromatic rings. The first kappa shape index (κ1) is 16.2. The molecule has 1 aliphatic rings. The van der Waals surface area contributed by atoms with Gasteiger partial charge in [0.1, 0.15) is 5.82 Å². The molecule has 0 atom stereocenters. The molecule has 3 rings (SSSR count). The third-order valence-electron chi connectivity index (χ3n) is 4.02. The highest BCUT2D eigenvalue weighted by molar-refractivity contribution is 6.07. The molecule has 0 unspecified atom stereocenters. The lowest BCUT2D eigenvalue weighted by Gasteiger charge is -2.21. The van der Waals surface area contributed by atoms with Crippen LogP contribution >= 0.6 is 0 Å². The number of nitrogens with one attached hydrogen (secondary N) is 1. The van der Waals surface area contributed by atoms with Crippen molar-refractivity contribution in [3.8, 4) is 0 Å². The first-order chi connectivity index (χ1) is 11.6. The van der Waals surface area contributed by atoms with E-state index in [0.29, 0.717) is 23.5 Å². The van der Waals surface area contributed by atoms with Crippen LogP contribution in [-0.4, -0.2) is 18.4 Å². The Bertz CT molecular complexity index is 754. The van der Waals surface area contributed by atoms with Crippen LogP contribution in [0.2, 0.25) is 0 Å². The first-order valence-electron chi connectivity index (χ1n) is 8.07. The fourth-order valence-electron chi connectivity index (χ4n) is 2.54. The maximum Gasteiger partial charge on any atom is 0.258 e. The van der Waals surface area contributed by atoms with Crippen molar-refractivity contribution in [3.05, 3.63) is 59.9 Å². The van der Waals surface area contributed by atoms with E-state index in [9.17, 15) is 14.0 Å². The highest BCUT2D eigenvalue weighted by Gasteiger charge is 2.29. The van der Waals surface area contributed by atoms with Crippen LogP contribution < -0.4 is 10.2 Å². The number of benzene rings is 2. The van der Waals surface area contributed by atoms with Gasteiger partial charge in [-0.1, -0.05) is 6.07 Å². The number of anilines is 2. The Balaban J connectivity index is 1.79. The van der Waals surface area contributed by atoms with Crippen LogP contribution in [0, 0.1) is 11.7 Å². The number of hydrogen-bond donors (Lipinski definition) is 1. The molecule has 0 saturated heterocycles. The lowest BCUT2D eigenvalue weighted by molar-refractivity contribution is -0.117. The van der Waals surface area contributed by atoms with Crippen LogP contribution in [0.4, 0.5) is 15.8 Å². The molecule has 1 N–H and O–H groups in total. The number of nitrogens with zero attached hydrogens (tertiary/aromatic N) is 1. The van der Waals surface area contributed by atoms with Crippen LogP contribution in [0.1, 0.15) is 30.1 Å². The summed E-state index contributed by atoms with van der Waals surface area (Å²) in [6.45, 7) is 2.32. The highest BCUT2D eigenvalue weighted by atomic mass is 19.1. The molecule has 24 heavy (non-hydrogen) atoms. The van der Waals surface area contributed by atoms with E-state index in [1.54, 1.807) is 41.3 Å². The summed E-state index contributed by atoms with van der Waals surface area (Å²) in [6, 6.07) is 12.7. The number of hydrogen-bond acceptors (Lipinski definition) is 2. The zero-order valence-corrected chi connectivity index (χ0v) is 13.5. The molecule has 5 heteroatoms. The smallest absolute Gasteiger partial charge is 0.258 e. The number of halogens is 1. The zero-order chi connectivity index (χ0) is 17.1. The van der Waals surface area contributed by atoms with Gasteiger partial charge in [0.15, 0.2) is 0 Å². The van der Waals surface area contributed by atoms with E-state index in [2.05, 4.69) is 5.32 Å². The van der Waals surface area contributed by atoms with Crippen LogP contribution in [0.5, 0.6) is 0 Å². The molecule has 2 aromatic carbocycles. The van der Waals surface area contributed by atoms with Gasteiger partial charge in [0, 0.05) is 29.4 Å². The third kappa shape index (κ3) is 3.62. The van der Waals surface area contributed by atoms with Crippen molar-refractivity contribution in [2.45, 2.75) is 19.8 Å². The summed E-state index contributed by atoms with van der Waals surface area (Å²) in [5, 5.41) is 2.84. The minimum absolute atomic E-state index is 0.00508. The summed E-state index contributed by atoms with van der Waals surface area (Å²) in [5.74, 6) is -0.417. The van der Waals surface area contributed by atoms with E-state index in [1.807, 2.05) is 6.92 Å². The van der Waals surface area contributed by atoms with Gasteiger partial charge in [-0.25, -0.2) is 4.39 Å². The Hall–Kier alpha value is -2.69. The molecule has 124 valence electrons. The van der Waals surface area contributed by atoms with E-state index in [4.69, 9.17) is 0 Å². The lowest BCUT2D eigenvalue weighted by Crippen LogP contribution is -2.30. The normalized spacial score (nSPS) is 13.4. The van der Waals surface area contributed by atoms with Gasteiger partial charge in [0.25, 0.3) is 5.91 Å². The van der Waals surface area contributed by atoms with Gasteiger partial charge in [-0.3, -0.25) is 9.59 Å². The Morgan fingerprint density at radius 3 is 2.50 bits per heavy atom. The lowest BCUT2D eigenvalue weighted by atomic mass is 10.1. The van der Waals surface area contributed by atoms with Gasteiger partial charge in [0.05, 0.1) is 0 Å². The van der Waals surface area contributed by atoms with Crippen molar-refractivity contribution in [3.63, 3.8) is 0 Å². The molecule has 1 fully saturated rings. The topological polar surface area (TPSA) is 49.4 Å². The van der Waals surface area contributed by atoms with Crippen LogP contribution in [0.15, 0.2) is 48.5 Å². The molecule has 2 amide bonds. The zero-order valence-electron chi connectivity index (χ0n) is 13.5. The molecule has 0 heterocycles. The summed E-state index contributed by atoms with van der Waals surface area (Å²) >= 11 is 0. The van der Waals surface area contributed by atoms with E-state index < -0.39 is 0 Å². The predicted molar refractivity (Wildman–Crippen MR) is 91.5 cm³/mol. The molecule has 0 aliphatic heterocycles. The van der Waals surface area contributed by atoms with E-state index in [0.717, 1.165) is 12.8 Å². The van der Waals surface area contributed by atoms with Crippen molar-refractivity contribution in [1.29, 1.82) is 0 Å². The minimum Gasteiger partial charge on any atom is -0.326 e. The second-order valence-corrected chi connectivity index (χ2v) is 5.87. The standard InChI is InChI=1S/C19H19FN2O2/c1-2-22(17-10-8-15(20)9-11-17)19(24)14-4-3-5-16(12-14)21-18(23)13-6-7-13/h3-5,8-13H,2,6-7H2,1H3,(H,21,23). The molecule has 0 spiro atoms. The summed E-state index contributed by atoms with van der Waals surface area (Å²) in [6.07, 6.45) is 1.86. The van der Waals surface area contributed by atoms with Crippen LogP contribution in [0.3, 0.4) is 0 Å². The molecule has 1 saturated carbocycles. The largest absolute Gasteiger partial charge is 0.326 e. The van der Waals surface area contributed by atoms with E-state index in [-0.39, 0.29) is 23.5 Å². The Kier molecular flexibility index (Phi) is 4.60. The van der Waals surface area contributed by atoms with E-state index in [1.165, 1.54) is 12.1 Å². The molecule has 4 nitrogen and oxygen atoms in total. The Morgan fingerprint density at radius 1 is 1.17 bits per heavy atom.